The van der Waals surface area contributed by atoms with Crippen LogP contribution in [-0.2, 0) is 26.2 Å². The summed E-state index contributed by atoms with van der Waals surface area (Å²) in [5.74, 6) is -1.14. The highest BCUT2D eigenvalue weighted by molar-refractivity contribution is 7.92. The van der Waals surface area contributed by atoms with E-state index in [-0.39, 0.29) is 23.3 Å². The van der Waals surface area contributed by atoms with Crippen LogP contribution >= 0.6 is 0 Å². The summed E-state index contributed by atoms with van der Waals surface area (Å²) in [7, 11) is -4.15. The Balaban J connectivity index is 2.05. The Labute approximate surface area is 237 Å². The van der Waals surface area contributed by atoms with E-state index in [0.29, 0.717) is 17.8 Å². The average molecular weight is 568 g/mol. The summed E-state index contributed by atoms with van der Waals surface area (Å²) >= 11 is 0. The molecule has 0 aromatic heterocycles. The van der Waals surface area contributed by atoms with Crippen LogP contribution in [0.25, 0.3) is 0 Å². The van der Waals surface area contributed by atoms with Gasteiger partial charge in [0.05, 0.1) is 10.6 Å². The molecule has 40 heavy (non-hydrogen) atoms. The van der Waals surface area contributed by atoms with E-state index in [9.17, 15) is 22.4 Å². The van der Waals surface area contributed by atoms with Gasteiger partial charge in [0.2, 0.25) is 11.8 Å². The molecule has 0 fully saturated rings. The van der Waals surface area contributed by atoms with Crippen LogP contribution in [0, 0.1) is 32.5 Å². The molecule has 1 atom stereocenters. The zero-order chi connectivity index (χ0) is 29.6. The topological polar surface area (TPSA) is 86.8 Å². The van der Waals surface area contributed by atoms with E-state index in [4.69, 9.17) is 0 Å². The number of benzene rings is 3. The maximum absolute atomic E-state index is 14.0. The number of hydrogen-bond donors (Lipinski definition) is 1. The van der Waals surface area contributed by atoms with Crippen LogP contribution in [0.3, 0.4) is 0 Å². The van der Waals surface area contributed by atoms with E-state index >= 15 is 0 Å². The normalized spacial score (nSPS) is 12.2. The van der Waals surface area contributed by atoms with Crippen LogP contribution in [0.2, 0.25) is 0 Å². The number of carbonyl (C=O) groups excluding carboxylic acids is 2. The van der Waals surface area contributed by atoms with Crippen molar-refractivity contribution in [2.75, 3.05) is 17.4 Å². The van der Waals surface area contributed by atoms with Gasteiger partial charge >= 0.3 is 0 Å². The Hall–Kier alpha value is -3.72. The van der Waals surface area contributed by atoms with Crippen molar-refractivity contribution in [3.05, 3.63) is 94.8 Å². The largest absolute Gasteiger partial charge is 0.354 e. The van der Waals surface area contributed by atoms with E-state index in [0.717, 1.165) is 21.0 Å². The lowest BCUT2D eigenvalue weighted by Crippen LogP contribution is -2.51. The molecule has 0 spiro atoms. The van der Waals surface area contributed by atoms with Crippen molar-refractivity contribution in [1.29, 1.82) is 0 Å². The second-order valence-corrected chi connectivity index (χ2v) is 12.4. The number of aryl methyl sites for hydroxylation is 2. The van der Waals surface area contributed by atoms with Gasteiger partial charge in [-0.25, -0.2) is 12.8 Å². The van der Waals surface area contributed by atoms with Gasteiger partial charge in [-0.3, -0.25) is 13.9 Å². The summed E-state index contributed by atoms with van der Waals surface area (Å²) in [4.78, 5) is 28.4. The summed E-state index contributed by atoms with van der Waals surface area (Å²) in [6.45, 7) is 11.0. The average Bonchev–Trinajstić information content (AvgIpc) is 2.91. The fraction of sp³-hybridized carbons (Fsp3) is 0.355. The van der Waals surface area contributed by atoms with Gasteiger partial charge in [-0.15, -0.1) is 0 Å². The lowest BCUT2D eigenvalue weighted by Gasteiger charge is -2.32. The lowest BCUT2D eigenvalue weighted by molar-refractivity contribution is -0.139. The van der Waals surface area contributed by atoms with Gasteiger partial charge in [0.1, 0.15) is 18.4 Å². The Morgan fingerprint density at radius 2 is 1.52 bits per heavy atom. The monoisotopic (exact) mass is 567 g/mol. The molecule has 1 N–H and O–H groups in total. The number of halogens is 1. The van der Waals surface area contributed by atoms with Crippen molar-refractivity contribution < 1.29 is 22.4 Å². The van der Waals surface area contributed by atoms with E-state index < -0.39 is 34.3 Å². The molecule has 3 aromatic rings. The second kappa shape index (κ2) is 13.1. The number of nitrogens with one attached hydrogen (secondary N) is 1. The Morgan fingerprint density at radius 1 is 0.900 bits per heavy atom. The number of rotatable bonds is 11. The lowest BCUT2D eigenvalue weighted by atomic mass is 10.1. The highest BCUT2D eigenvalue weighted by Crippen LogP contribution is 2.29. The van der Waals surface area contributed by atoms with Crippen LogP contribution in [0.4, 0.5) is 10.1 Å². The molecule has 3 rings (SSSR count). The highest BCUT2D eigenvalue weighted by Gasteiger charge is 2.33. The quantitative estimate of drug-likeness (QED) is 0.348. The first-order chi connectivity index (χ1) is 18.8. The van der Waals surface area contributed by atoms with Gasteiger partial charge in [-0.1, -0.05) is 55.8 Å². The first-order valence-corrected chi connectivity index (χ1v) is 14.7. The smallest absolute Gasteiger partial charge is 0.264 e. The maximum atomic E-state index is 14.0. The molecule has 0 saturated carbocycles. The van der Waals surface area contributed by atoms with Gasteiger partial charge in [-0.2, -0.15) is 0 Å². The fourth-order valence-corrected chi connectivity index (χ4v) is 5.65. The van der Waals surface area contributed by atoms with E-state index in [1.54, 1.807) is 43.3 Å². The van der Waals surface area contributed by atoms with Crippen LogP contribution < -0.4 is 9.62 Å². The van der Waals surface area contributed by atoms with Gasteiger partial charge in [0.25, 0.3) is 10.0 Å². The predicted molar refractivity (Wildman–Crippen MR) is 156 cm³/mol. The standard InChI is InChI=1S/C31H38FN3O4S/c1-21(2)18-33-31(37)25(6)34(19-26-12-14-27(32)15-13-26)30(36)20-35(29-9-7-8-23(4)24(29)5)40(38,39)28-16-10-22(3)11-17-28/h7-17,21,25H,18-20H2,1-6H3,(H,33,37)/t25-/m0/s1. The minimum atomic E-state index is -4.15. The van der Waals surface area contributed by atoms with Crippen LogP contribution in [0.1, 0.15) is 43.0 Å². The van der Waals surface area contributed by atoms with Crippen LogP contribution in [-0.4, -0.2) is 44.3 Å². The van der Waals surface area contributed by atoms with Crippen molar-refractivity contribution in [3.63, 3.8) is 0 Å². The molecule has 7 nitrogen and oxygen atoms in total. The van der Waals surface area contributed by atoms with Crippen LogP contribution in [0.5, 0.6) is 0 Å². The highest BCUT2D eigenvalue weighted by atomic mass is 32.2. The molecule has 0 heterocycles. The zero-order valence-electron chi connectivity index (χ0n) is 23.9. The van der Waals surface area contributed by atoms with Crippen molar-refractivity contribution in [2.24, 2.45) is 5.92 Å². The van der Waals surface area contributed by atoms with Crippen molar-refractivity contribution in [1.82, 2.24) is 10.2 Å². The number of carbonyl (C=O) groups is 2. The van der Waals surface area contributed by atoms with Gasteiger partial charge in [0.15, 0.2) is 0 Å². The van der Waals surface area contributed by atoms with Gasteiger partial charge in [-0.05, 0) is 80.6 Å². The molecule has 0 aliphatic carbocycles. The first kappa shape index (κ1) is 30.8. The number of nitrogens with zero attached hydrogens (tertiary/aromatic N) is 2. The molecule has 0 radical (unpaired) electrons. The number of amides is 2. The van der Waals surface area contributed by atoms with Crippen molar-refractivity contribution in [2.45, 2.75) is 59.0 Å². The summed E-state index contributed by atoms with van der Waals surface area (Å²) in [6.07, 6.45) is 0. The Kier molecular flexibility index (Phi) is 10.1. The van der Waals surface area contributed by atoms with E-state index in [2.05, 4.69) is 5.32 Å². The summed E-state index contributed by atoms with van der Waals surface area (Å²) in [5.41, 5.74) is 3.49. The number of sulfonamides is 1. The molecule has 0 bridgehead atoms. The van der Waals surface area contributed by atoms with Crippen LogP contribution in [0.15, 0.2) is 71.6 Å². The SMILES string of the molecule is Cc1ccc(S(=O)(=O)N(CC(=O)N(Cc2ccc(F)cc2)[C@@H](C)C(=O)NCC(C)C)c2cccc(C)c2C)cc1. The zero-order valence-corrected chi connectivity index (χ0v) is 24.8. The molecule has 2 amide bonds. The molecular weight excluding hydrogens is 529 g/mol. The minimum absolute atomic E-state index is 0.000593. The third-order valence-corrected chi connectivity index (χ3v) is 8.62. The van der Waals surface area contributed by atoms with Crippen molar-refractivity contribution in [3.8, 4) is 0 Å². The molecule has 0 saturated heterocycles. The minimum Gasteiger partial charge on any atom is -0.354 e. The molecule has 9 heteroatoms. The van der Waals surface area contributed by atoms with Crippen molar-refractivity contribution >= 4 is 27.5 Å². The second-order valence-electron chi connectivity index (χ2n) is 10.5. The predicted octanol–water partition coefficient (Wildman–Crippen LogP) is 5.14. The molecule has 214 valence electrons. The van der Waals surface area contributed by atoms with Gasteiger partial charge < -0.3 is 10.2 Å². The summed E-state index contributed by atoms with van der Waals surface area (Å²) < 4.78 is 42.6. The summed E-state index contributed by atoms with van der Waals surface area (Å²) in [5, 5.41) is 2.85. The summed E-state index contributed by atoms with van der Waals surface area (Å²) in [6, 6.07) is 16.5. The first-order valence-electron chi connectivity index (χ1n) is 13.3. The number of hydrogen-bond acceptors (Lipinski definition) is 4. The molecular formula is C31H38FN3O4S. The third-order valence-electron chi connectivity index (χ3n) is 6.85. The molecule has 3 aromatic carbocycles. The Bertz CT molecular complexity index is 1440. The number of anilines is 1. The fourth-order valence-electron chi connectivity index (χ4n) is 4.18. The molecule has 0 aliphatic rings. The van der Waals surface area contributed by atoms with E-state index in [1.807, 2.05) is 40.7 Å². The van der Waals surface area contributed by atoms with E-state index in [1.165, 1.54) is 29.2 Å². The Morgan fingerprint density at radius 3 is 2.12 bits per heavy atom. The third kappa shape index (κ3) is 7.47. The molecule has 0 aliphatic heterocycles. The molecule has 0 unspecified atom stereocenters. The maximum Gasteiger partial charge on any atom is 0.264 e. The van der Waals surface area contributed by atoms with Gasteiger partial charge in [0, 0.05) is 13.1 Å².